The van der Waals surface area contributed by atoms with Gasteiger partial charge in [-0.3, -0.25) is 9.59 Å². The second kappa shape index (κ2) is 12.3. The number of hydrogen-bond acceptors (Lipinski definition) is 5. The zero-order chi connectivity index (χ0) is 24.6. The van der Waals surface area contributed by atoms with E-state index in [1.165, 1.54) is 0 Å². The number of nitrogens with one attached hydrogen (secondary N) is 2. The van der Waals surface area contributed by atoms with E-state index in [9.17, 15) is 14.4 Å². The quantitative estimate of drug-likeness (QED) is 0.330. The Bertz CT molecular complexity index is 820. The summed E-state index contributed by atoms with van der Waals surface area (Å²) < 4.78 is 5.33. The van der Waals surface area contributed by atoms with Crippen LogP contribution in [0.15, 0.2) is 24.3 Å². The normalized spacial score (nSPS) is 15.3. The number of alkyl carbamates (subject to hydrolysis) is 1. The highest BCUT2D eigenvalue weighted by Gasteiger charge is 2.43. The Morgan fingerprint density at radius 3 is 2.45 bits per heavy atom. The molecule has 1 fully saturated rings. The van der Waals surface area contributed by atoms with Crippen molar-refractivity contribution in [3.05, 3.63) is 35.4 Å². The molecule has 0 saturated heterocycles. The Kier molecular flexibility index (Phi) is 10.1. The second-order valence-corrected chi connectivity index (χ2v) is 10.0. The van der Waals surface area contributed by atoms with E-state index in [4.69, 9.17) is 4.74 Å². The molecule has 0 spiro atoms. The van der Waals surface area contributed by atoms with E-state index in [0.717, 1.165) is 43.2 Å². The van der Waals surface area contributed by atoms with Gasteiger partial charge in [-0.05, 0) is 52.5 Å². The largest absolute Gasteiger partial charge is 0.444 e. The lowest BCUT2D eigenvalue weighted by atomic mass is 10.0. The van der Waals surface area contributed by atoms with Gasteiger partial charge in [0.05, 0.1) is 0 Å². The van der Waals surface area contributed by atoms with Crippen molar-refractivity contribution in [2.45, 2.75) is 90.4 Å². The molecular weight excluding hydrogens is 438 g/mol. The predicted octanol–water partition coefficient (Wildman–Crippen LogP) is 4.16. The molecule has 0 radical (unpaired) electrons. The average molecular weight is 478 g/mol. The molecule has 0 heterocycles. The number of amides is 3. The number of carbonyl (C=O) groups is 3. The average Bonchev–Trinajstić information content (AvgIpc) is 3.56. The molecule has 184 valence electrons. The maximum Gasteiger partial charge on any atom is 0.408 e. The maximum atomic E-state index is 13.7. The van der Waals surface area contributed by atoms with Crippen LogP contribution in [0.1, 0.15) is 77.0 Å². The molecule has 1 aromatic carbocycles. The Balaban J connectivity index is 2.30. The molecule has 3 amide bonds. The fourth-order valence-corrected chi connectivity index (χ4v) is 3.90. The van der Waals surface area contributed by atoms with E-state index >= 15 is 0 Å². The molecule has 2 atom stereocenters. The summed E-state index contributed by atoms with van der Waals surface area (Å²) in [5.41, 5.74) is 1.09. The van der Waals surface area contributed by atoms with E-state index in [2.05, 4.69) is 30.2 Å². The fraction of sp³-hybridized carbons (Fsp3) is 0.640. The summed E-state index contributed by atoms with van der Waals surface area (Å²) in [5.74, 6) is -0.430. The minimum absolute atomic E-state index is 0.0489. The molecule has 0 aliphatic heterocycles. The zero-order valence-corrected chi connectivity index (χ0v) is 21.4. The molecule has 2 unspecified atom stereocenters. The predicted molar refractivity (Wildman–Crippen MR) is 133 cm³/mol. The summed E-state index contributed by atoms with van der Waals surface area (Å²) in [6, 6.07) is 5.96. The SMILES string of the molecule is CCCCCNC(=O)C(c1cccc(C)c1)N(C(=O)C(CS)NC(=O)OC(C)(C)C)C1CC1. The molecule has 0 bridgehead atoms. The Morgan fingerprint density at radius 1 is 1.21 bits per heavy atom. The van der Waals surface area contributed by atoms with Crippen molar-refractivity contribution in [3.63, 3.8) is 0 Å². The van der Waals surface area contributed by atoms with Crippen molar-refractivity contribution >= 4 is 30.5 Å². The second-order valence-electron chi connectivity index (χ2n) is 9.67. The van der Waals surface area contributed by atoms with Crippen LogP contribution in [0.3, 0.4) is 0 Å². The van der Waals surface area contributed by atoms with Gasteiger partial charge >= 0.3 is 6.09 Å². The van der Waals surface area contributed by atoms with Gasteiger partial charge in [0.25, 0.3) is 0 Å². The van der Waals surface area contributed by atoms with Gasteiger partial charge in [-0.2, -0.15) is 12.6 Å². The summed E-state index contributed by atoms with van der Waals surface area (Å²) in [7, 11) is 0. The van der Waals surface area contributed by atoms with Gasteiger partial charge in [0.15, 0.2) is 0 Å². The highest BCUT2D eigenvalue weighted by atomic mass is 32.1. The van der Waals surface area contributed by atoms with Crippen LogP contribution >= 0.6 is 12.6 Å². The van der Waals surface area contributed by atoms with Crippen LogP contribution in [0.5, 0.6) is 0 Å². The van der Waals surface area contributed by atoms with Gasteiger partial charge < -0.3 is 20.3 Å². The van der Waals surface area contributed by atoms with Gasteiger partial charge in [0.1, 0.15) is 17.7 Å². The van der Waals surface area contributed by atoms with Crippen LogP contribution in [-0.2, 0) is 14.3 Å². The highest BCUT2D eigenvalue weighted by Crippen LogP contribution is 2.36. The van der Waals surface area contributed by atoms with E-state index in [0.29, 0.717) is 6.54 Å². The van der Waals surface area contributed by atoms with Crippen molar-refractivity contribution in [1.82, 2.24) is 15.5 Å². The first-order chi connectivity index (χ1) is 15.6. The molecule has 1 saturated carbocycles. The number of carbonyl (C=O) groups excluding carboxylic acids is 3. The third kappa shape index (κ3) is 8.57. The zero-order valence-electron chi connectivity index (χ0n) is 20.5. The first kappa shape index (κ1) is 27.0. The minimum Gasteiger partial charge on any atom is -0.444 e. The summed E-state index contributed by atoms with van der Waals surface area (Å²) in [5, 5.41) is 5.66. The third-order valence-corrected chi connectivity index (χ3v) is 5.70. The molecule has 1 aromatic rings. The number of thiol groups is 1. The standard InChI is InChI=1S/C25H39N3O4S/c1-6-7-8-14-26-22(29)21(18-11-9-10-17(2)15-18)28(19-12-13-19)23(30)20(16-33)27-24(31)32-25(3,4)5/h9-11,15,19-21,33H,6-8,12-14,16H2,1-5H3,(H,26,29)(H,27,31). The van der Waals surface area contributed by atoms with E-state index in [1.54, 1.807) is 25.7 Å². The maximum absolute atomic E-state index is 13.7. The van der Waals surface area contributed by atoms with E-state index < -0.39 is 23.8 Å². The first-order valence-corrected chi connectivity index (χ1v) is 12.5. The van der Waals surface area contributed by atoms with Gasteiger partial charge in [-0.15, -0.1) is 0 Å². The first-order valence-electron chi connectivity index (χ1n) is 11.8. The molecule has 7 nitrogen and oxygen atoms in total. The van der Waals surface area contributed by atoms with Gasteiger partial charge in [0.2, 0.25) is 11.8 Å². The molecule has 1 aliphatic carbocycles. The van der Waals surface area contributed by atoms with Crippen LogP contribution in [-0.4, -0.2) is 52.8 Å². The Morgan fingerprint density at radius 2 is 1.91 bits per heavy atom. The third-order valence-electron chi connectivity index (χ3n) is 5.33. The molecule has 2 N–H and O–H groups in total. The van der Waals surface area contributed by atoms with Crippen molar-refractivity contribution < 1.29 is 19.1 Å². The van der Waals surface area contributed by atoms with Crippen LogP contribution in [0.4, 0.5) is 4.79 Å². The van der Waals surface area contributed by atoms with Crippen LogP contribution in [0, 0.1) is 6.92 Å². The summed E-state index contributed by atoms with van der Waals surface area (Å²) in [6.45, 7) is 9.92. The van der Waals surface area contributed by atoms with Crippen molar-refractivity contribution in [3.8, 4) is 0 Å². The van der Waals surface area contributed by atoms with Crippen LogP contribution < -0.4 is 10.6 Å². The number of rotatable bonds is 11. The monoisotopic (exact) mass is 477 g/mol. The van der Waals surface area contributed by atoms with Crippen molar-refractivity contribution in [1.29, 1.82) is 0 Å². The molecule has 1 aliphatic rings. The summed E-state index contributed by atoms with van der Waals surface area (Å²) in [6.07, 6.45) is 3.94. The van der Waals surface area contributed by atoms with Gasteiger partial charge in [-0.1, -0.05) is 49.6 Å². The number of nitrogens with zero attached hydrogens (tertiary/aromatic N) is 1. The summed E-state index contributed by atoms with van der Waals surface area (Å²) >= 11 is 4.31. The highest BCUT2D eigenvalue weighted by molar-refractivity contribution is 7.80. The van der Waals surface area contributed by atoms with Crippen molar-refractivity contribution in [2.24, 2.45) is 0 Å². The lowest BCUT2D eigenvalue weighted by Gasteiger charge is -2.34. The lowest BCUT2D eigenvalue weighted by Crippen LogP contribution is -2.54. The van der Waals surface area contributed by atoms with Crippen molar-refractivity contribution in [2.75, 3.05) is 12.3 Å². The number of unbranched alkanes of at least 4 members (excludes halogenated alkanes) is 2. The molecule has 0 aromatic heterocycles. The van der Waals surface area contributed by atoms with Gasteiger partial charge in [-0.25, -0.2) is 4.79 Å². The number of ether oxygens (including phenoxy) is 1. The Labute approximate surface area is 203 Å². The minimum atomic E-state index is -0.899. The number of hydrogen-bond donors (Lipinski definition) is 3. The molecule has 33 heavy (non-hydrogen) atoms. The van der Waals surface area contributed by atoms with Crippen LogP contribution in [0.2, 0.25) is 0 Å². The molecule has 2 rings (SSSR count). The fourth-order valence-electron chi connectivity index (χ4n) is 3.65. The van der Waals surface area contributed by atoms with Crippen LogP contribution in [0.25, 0.3) is 0 Å². The number of aryl methyl sites for hydroxylation is 1. The van der Waals surface area contributed by atoms with Gasteiger partial charge in [0, 0.05) is 18.3 Å². The summed E-state index contributed by atoms with van der Waals surface area (Å²) in [4.78, 5) is 41.0. The smallest absolute Gasteiger partial charge is 0.408 e. The van der Waals surface area contributed by atoms with E-state index in [-0.39, 0.29) is 23.6 Å². The molecular formula is C25H39N3O4S. The lowest BCUT2D eigenvalue weighted by molar-refractivity contribution is -0.142. The topological polar surface area (TPSA) is 87.7 Å². The number of benzene rings is 1. The van der Waals surface area contributed by atoms with E-state index in [1.807, 2.05) is 31.2 Å². The molecule has 8 heteroatoms. The Hall–Kier alpha value is -2.22.